The molecule has 0 saturated heterocycles. The van der Waals surface area contributed by atoms with E-state index in [9.17, 15) is 0 Å². The second-order valence-electron chi connectivity index (χ2n) is 8.84. The van der Waals surface area contributed by atoms with Crippen LogP contribution in [0.4, 0.5) is 0 Å². The third kappa shape index (κ3) is 2.79. The van der Waals surface area contributed by atoms with Gasteiger partial charge in [-0.25, -0.2) is 0 Å². The van der Waals surface area contributed by atoms with Crippen molar-refractivity contribution in [2.75, 3.05) is 0 Å². The Bertz CT molecular complexity index is 1180. The standard InChI is InChI=1S/C25H23Br2NSi/c1-14-11-18-16(7-5-9-21(18)26)24(14)29(3,4)25-15(2)12-19-20(25)13-22-17(23(19)27)8-6-10-28-22/h5-13,23-24H,1-4H3. The number of nitrogens with zero attached hydrogens (tertiary/aromatic N) is 1. The zero-order chi connectivity index (χ0) is 20.5. The third-order valence-electron chi connectivity index (χ3n) is 6.64. The average molecular weight is 525 g/mol. The Morgan fingerprint density at radius 3 is 2.52 bits per heavy atom. The average Bonchev–Trinajstić information content (AvgIpc) is 3.20. The van der Waals surface area contributed by atoms with Crippen LogP contribution in [-0.2, 0) is 0 Å². The zero-order valence-corrected chi connectivity index (χ0v) is 21.2. The molecule has 1 aromatic heterocycles. The minimum Gasteiger partial charge on any atom is -0.257 e. The number of aromatic nitrogens is 1. The molecular formula is C25H23Br2NSi. The van der Waals surface area contributed by atoms with Crippen LogP contribution in [-0.4, -0.2) is 13.1 Å². The molecule has 0 aliphatic heterocycles. The van der Waals surface area contributed by atoms with Gasteiger partial charge >= 0.3 is 0 Å². The monoisotopic (exact) mass is 523 g/mol. The number of rotatable bonds is 2. The molecule has 4 heteroatoms. The van der Waals surface area contributed by atoms with E-state index in [1.165, 1.54) is 43.5 Å². The number of fused-ring (bicyclic) bond motifs is 3. The van der Waals surface area contributed by atoms with Gasteiger partial charge in [-0.2, -0.15) is 0 Å². The number of allylic oxidation sites excluding steroid dienone is 6. The fraction of sp³-hybridized carbons (Fsp3) is 0.240. The third-order valence-corrected chi connectivity index (χ3v) is 12.5. The van der Waals surface area contributed by atoms with Crippen LogP contribution in [0.5, 0.6) is 0 Å². The largest absolute Gasteiger partial charge is 0.257 e. The van der Waals surface area contributed by atoms with E-state index in [1.54, 1.807) is 5.20 Å². The van der Waals surface area contributed by atoms with Crippen LogP contribution < -0.4 is 0 Å². The quantitative estimate of drug-likeness (QED) is 0.287. The first kappa shape index (κ1) is 19.5. The van der Waals surface area contributed by atoms with Gasteiger partial charge < -0.3 is 0 Å². The van der Waals surface area contributed by atoms with Gasteiger partial charge in [-0.1, -0.05) is 86.5 Å². The molecule has 146 valence electrons. The van der Waals surface area contributed by atoms with Crippen LogP contribution in [0.15, 0.2) is 74.6 Å². The predicted octanol–water partition coefficient (Wildman–Crippen LogP) is 7.92. The molecule has 0 amide bonds. The number of pyridine rings is 1. The Labute approximate surface area is 190 Å². The lowest BCUT2D eigenvalue weighted by Crippen LogP contribution is -2.39. The summed E-state index contributed by atoms with van der Waals surface area (Å²) in [6.45, 7) is 9.69. The number of hydrogen-bond acceptors (Lipinski definition) is 1. The molecule has 0 N–H and O–H groups in total. The van der Waals surface area contributed by atoms with E-state index < -0.39 is 8.07 Å². The summed E-state index contributed by atoms with van der Waals surface area (Å²) < 4.78 is 1.20. The van der Waals surface area contributed by atoms with Gasteiger partial charge in [0.25, 0.3) is 0 Å². The van der Waals surface area contributed by atoms with Crippen molar-refractivity contribution in [2.45, 2.75) is 37.3 Å². The smallest absolute Gasteiger partial charge is 0.0934 e. The van der Waals surface area contributed by atoms with Crippen molar-refractivity contribution in [3.8, 4) is 0 Å². The molecule has 1 aromatic carbocycles. The highest BCUT2D eigenvalue weighted by Gasteiger charge is 2.45. The molecule has 2 unspecified atom stereocenters. The van der Waals surface area contributed by atoms with Gasteiger partial charge in [0.1, 0.15) is 0 Å². The summed E-state index contributed by atoms with van der Waals surface area (Å²) in [7, 11) is -1.88. The first-order chi connectivity index (χ1) is 13.8. The Kier molecular flexibility index (Phi) is 4.54. The second kappa shape index (κ2) is 6.76. The summed E-state index contributed by atoms with van der Waals surface area (Å²) in [5, 5.41) is 1.58. The van der Waals surface area contributed by atoms with Crippen molar-refractivity contribution in [1.29, 1.82) is 0 Å². The Morgan fingerprint density at radius 2 is 1.72 bits per heavy atom. The number of halogens is 2. The number of alkyl halides is 1. The maximum Gasteiger partial charge on any atom is 0.0934 e. The summed E-state index contributed by atoms with van der Waals surface area (Å²) in [6, 6.07) is 10.9. The molecule has 3 aliphatic rings. The molecule has 5 rings (SSSR count). The summed E-state index contributed by atoms with van der Waals surface area (Å²) in [6.07, 6.45) is 9.02. The van der Waals surface area contributed by atoms with E-state index in [2.05, 4.69) is 106 Å². The van der Waals surface area contributed by atoms with Crippen molar-refractivity contribution < 1.29 is 0 Å². The molecular weight excluding hydrogens is 502 g/mol. The van der Waals surface area contributed by atoms with Gasteiger partial charge in [0, 0.05) is 16.2 Å². The van der Waals surface area contributed by atoms with E-state index in [0.29, 0.717) is 5.54 Å². The predicted molar refractivity (Wildman–Crippen MR) is 133 cm³/mol. The highest BCUT2D eigenvalue weighted by atomic mass is 79.9. The lowest BCUT2D eigenvalue weighted by atomic mass is 9.92. The van der Waals surface area contributed by atoms with Crippen LogP contribution in [0, 0.1) is 0 Å². The fourth-order valence-electron chi connectivity index (χ4n) is 5.65. The summed E-state index contributed by atoms with van der Waals surface area (Å²) in [5.74, 6) is 0. The van der Waals surface area contributed by atoms with Crippen LogP contribution in [0.1, 0.15) is 46.6 Å². The number of hydrogen-bond donors (Lipinski definition) is 0. The molecule has 3 aliphatic carbocycles. The molecule has 0 fully saturated rings. The van der Waals surface area contributed by atoms with Crippen LogP contribution in [0.25, 0.3) is 12.2 Å². The summed E-state index contributed by atoms with van der Waals surface area (Å²) in [4.78, 5) is 4.89. The van der Waals surface area contributed by atoms with Crippen molar-refractivity contribution in [3.63, 3.8) is 0 Å². The van der Waals surface area contributed by atoms with Gasteiger partial charge in [-0.15, -0.1) is 0 Å². The Hall–Kier alpha value is -1.49. The zero-order valence-electron chi connectivity index (χ0n) is 17.1. The highest BCUT2D eigenvalue weighted by molar-refractivity contribution is 9.10. The van der Waals surface area contributed by atoms with E-state index in [1.807, 2.05) is 12.3 Å². The molecule has 1 heterocycles. The van der Waals surface area contributed by atoms with Crippen LogP contribution in [0.3, 0.4) is 0 Å². The van der Waals surface area contributed by atoms with Gasteiger partial charge in [0.15, 0.2) is 0 Å². The first-order valence-electron chi connectivity index (χ1n) is 10.0. The molecule has 29 heavy (non-hydrogen) atoms. The molecule has 2 aromatic rings. The molecule has 2 atom stereocenters. The van der Waals surface area contributed by atoms with Crippen LogP contribution in [0.2, 0.25) is 13.1 Å². The molecule has 0 spiro atoms. The van der Waals surface area contributed by atoms with Gasteiger partial charge in [-0.05, 0) is 65.1 Å². The van der Waals surface area contributed by atoms with E-state index >= 15 is 0 Å². The molecule has 0 bridgehead atoms. The van der Waals surface area contributed by atoms with Gasteiger partial charge in [0.05, 0.1) is 18.6 Å². The SMILES string of the molecule is CC1=Cc2c(Br)cccc2C1[Si](C)(C)C1=C(C)C=C2C1=Cc1ncccc1C2Br. The van der Waals surface area contributed by atoms with E-state index in [0.717, 1.165) is 5.69 Å². The topological polar surface area (TPSA) is 12.9 Å². The van der Waals surface area contributed by atoms with Crippen molar-refractivity contribution in [3.05, 3.63) is 97.0 Å². The maximum absolute atomic E-state index is 4.67. The number of benzene rings is 1. The first-order valence-corrected chi connectivity index (χ1v) is 14.8. The van der Waals surface area contributed by atoms with E-state index in [4.69, 9.17) is 0 Å². The van der Waals surface area contributed by atoms with Crippen molar-refractivity contribution in [2.24, 2.45) is 0 Å². The van der Waals surface area contributed by atoms with Crippen LogP contribution >= 0.6 is 31.9 Å². The second-order valence-corrected chi connectivity index (χ2v) is 15.1. The van der Waals surface area contributed by atoms with Crippen molar-refractivity contribution in [1.82, 2.24) is 4.98 Å². The molecule has 0 radical (unpaired) electrons. The Morgan fingerprint density at radius 1 is 0.966 bits per heavy atom. The lowest BCUT2D eigenvalue weighted by molar-refractivity contribution is 1.06. The van der Waals surface area contributed by atoms with E-state index in [-0.39, 0.29) is 4.83 Å². The van der Waals surface area contributed by atoms with Gasteiger partial charge in [0.2, 0.25) is 0 Å². The highest BCUT2D eigenvalue weighted by Crippen LogP contribution is 2.54. The van der Waals surface area contributed by atoms with Crippen molar-refractivity contribution >= 4 is 52.1 Å². The van der Waals surface area contributed by atoms with Gasteiger partial charge in [-0.3, -0.25) is 4.98 Å². The normalized spacial score (nSPS) is 22.6. The summed E-state index contributed by atoms with van der Waals surface area (Å²) >= 11 is 7.74. The minimum absolute atomic E-state index is 0.213. The molecule has 1 nitrogen and oxygen atoms in total. The Balaban J connectivity index is 1.66. The summed E-state index contributed by atoms with van der Waals surface area (Å²) in [5.41, 5.74) is 11.4. The maximum atomic E-state index is 4.67. The molecule has 0 saturated carbocycles. The lowest BCUT2D eigenvalue weighted by Gasteiger charge is -2.36. The minimum atomic E-state index is -1.88. The fourth-order valence-corrected chi connectivity index (χ4v) is 11.4.